The first-order valence-electron chi connectivity index (χ1n) is 6.06. The number of hydrogen-bond acceptors (Lipinski definition) is 4. The van der Waals surface area contributed by atoms with Crippen LogP contribution in [0.2, 0.25) is 0 Å². The third-order valence-electron chi connectivity index (χ3n) is 2.92. The highest BCUT2D eigenvalue weighted by atomic mass is 16.5. The van der Waals surface area contributed by atoms with Crippen LogP contribution >= 0.6 is 0 Å². The average molecular weight is 273 g/mol. The molecule has 0 saturated carbocycles. The van der Waals surface area contributed by atoms with E-state index in [1.54, 1.807) is 7.11 Å². The second-order valence-corrected chi connectivity index (χ2v) is 4.22. The van der Waals surface area contributed by atoms with E-state index in [4.69, 9.17) is 4.74 Å². The van der Waals surface area contributed by atoms with Crippen molar-refractivity contribution in [2.24, 2.45) is 0 Å². The van der Waals surface area contributed by atoms with Gasteiger partial charge < -0.3 is 14.0 Å². The lowest BCUT2D eigenvalue weighted by Crippen LogP contribution is -2.21. The van der Waals surface area contributed by atoms with Crippen LogP contribution in [0.3, 0.4) is 0 Å². The summed E-state index contributed by atoms with van der Waals surface area (Å²) in [5, 5.41) is 0. The summed E-state index contributed by atoms with van der Waals surface area (Å²) in [6.45, 7) is 0.383. The van der Waals surface area contributed by atoms with Crippen LogP contribution in [0.4, 0.5) is 0 Å². The van der Waals surface area contributed by atoms with E-state index in [0.29, 0.717) is 12.1 Å². The zero-order valence-corrected chi connectivity index (χ0v) is 11.3. The summed E-state index contributed by atoms with van der Waals surface area (Å²) in [5.74, 6) is 0.290. The van der Waals surface area contributed by atoms with Crippen LogP contribution in [0.15, 0.2) is 47.4 Å². The molecule has 1 heterocycles. The smallest absolute Gasteiger partial charge is 0.339 e. The molecule has 5 nitrogen and oxygen atoms in total. The van der Waals surface area contributed by atoms with Crippen LogP contribution in [0.25, 0.3) is 0 Å². The van der Waals surface area contributed by atoms with E-state index >= 15 is 0 Å². The lowest BCUT2D eigenvalue weighted by molar-refractivity contribution is 0.0599. The highest BCUT2D eigenvalue weighted by Crippen LogP contribution is 2.12. The van der Waals surface area contributed by atoms with Crippen LogP contribution in [0, 0.1) is 0 Å². The van der Waals surface area contributed by atoms with Gasteiger partial charge >= 0.3 is 5.97 Å². The normalized spacial score (nSPS) is 10.1. The number of esters is 1. The fourth-order valence-electron chi connectivity index (χ4n) is 1.82. The number of nitrogens with zero attached hydrogens (tertiary/aromatic N) is 1. The maximum Gasteiger partial charge on any atom is 0.339 e. The van der Waals surface area contributed by atoms with Gasteiger partial charge in [-0.25, -0.2) is 4.79 Å². The van der Waals surface area contributed by atoms with E-state index in [-0.39, 0.29) is 5.56 Å². The highest BCUT2D eigenvalue weighted by Gasteiger charge is 2.07. The molecule has 5 heteroatoms. The van der Waals surface area contributed by atoms with Crippen molar-refractivity contribution < 1.29 is 14.3 Å². The Kier molecular flexibility index (Phi) is 4.20. The number of benzene rings is 1. The van der Waals surface area contributed by atoms with Crippen molar-refractivity contribution in [2.75, 3.05) is 14.2 Å². The summed E-state index contributed by atoms with van der Waals surface area (Å²) < 4.78 is 11.2. The molecule has 104 valence electrons. The van der Waals surface area contributed by atoms with Gasteiger partial charge in [-0.15, -0.1) is 0 Å². The number of rotatable bonds is 4. The Labute approximate surface area is 116 Å². The Morgan fingerprint density at radius 1 is 1.10 bits per heavy atom. The van der Waals surface area contributed by atoms with Crippen LogP contribution in [0.5, 0.6) is 5.75 Å². The molecule has 2 aromatic rings. The van der Waals surface area contributed by atoms with E-state index in [9.17, 15) is 9.59 Å². The molecule has 0 unspecified atom stereocenters. The molecular weight excluding hydrogens is 258 g/mol. The van der Waals surface area contributed by atoms with Crippen LogP contribution < -0.4 is 10.3 Å². The minimum absolute atomic E-state index is 0.173. The van der Waals surface area contributed by atoms with Gasteiger partial charge in [0.1, 0.15) is 5.75 Å². The lowest BCUT2D eigenvalue weighted by atomic mass is 10.2. The van der Waals surface area contributed by atoms with Crippen molar-refractivity contribution >= 4 is 5.97 Å². The number of ether oxygens (including phenoxy) is 2. The molecule has 0 spiro atoms. The van der Waals surface area contributed by atoms with Gasteiger partial charge in [0.15, 0.2) is 0 Å². The Morgan fingerprint density at radius 2 is 1.80 bits per heavy atom. The predicted molar refractivity (Wildman–Crippen MR) is 74.1 cm³/mol. The number of hydrogen-bond donors (Lipinski definition) is 0. The van der Waals surface area contributed by atoms with Crippen molar-refractivity contribution in [3.8, 4) is 5.75 Å². The molecule has 0 N–H and O–H groups in total. The molecule has 0 radical (unpaired) electrons. The summed E-state index contributed by atoms with van der Waals surface area (Å²) in [6, 6.07) is 10.2. The number of carbonyl (C=O) groups excluding carboxylic acids is 1. The zero-order valence-electron chi connectivity index (χ0n) is 11.3. The Morgan fingerprint density at radius 3 is 2.40 bits per heavy atom. The summed E-state index contributed by atoms with van der Waals surface area (Å²) in [7, 11) is 2.90. The second kappa shape index (κ2) is 6.06. The maximum atomic E-state index is 11.8. The number of methoxy groups -OCH3 is 2. The Hall–Kier alpha value is -2.56. The van der Waals surface area contributed by atoms with Gasteiger partial charge in [-0.05, 0) is 23.8 Å². The molecule has 0 aliphatic carbocycles. The molecule has 0 amide bonds. The van der Waals surface area contributed by atoms with E-state index in [2.05, 4.69) is 4.74 Å². The molecular formula is C15H15NO4. The van der Waals surface area contributed by atoms with E-state index in [1.165, 1.54) is 30.0 Å². The SMILES string of the molecule is COC(=O)c1ccc(=O)n(Cc2ccc(OC)cc2)c1. The van der Waals surface area contributed by atoms with E-state index in [0.717, 1.165) is 11.3 Å². The van der Waals surface area contributed by atoms with Crippen molar-refractivity contribution in [1.29, 1.82) is 0 Å². The first kappa shape index (κ1) is 13.9. The van der Waals surface area contributed by atoms with E-state index in [1.807, 2.05) is 24.3 Å². The predicted octanol–water partition coefficient (Wildman–Crippen LogP) is 1.69. The van der Waals surface area contributed by atoms with Crippen molar-refractivity contribution in [3.05, 3.63) is 64.1 Å². The molecule has 0 aliphatic heterocycles. The quantitative estimate of drug-likeness (QED) is 0.795. The number of pyridine rings is 1. The van der Waals surface area contributed by atoms with Crippen LogP contribution in [-0.2, 0) is 11.3 Å². The summed E-state index contributed by atoms with van der Waals surface area (Å²) >= 11 is 0. The van der Waals surface area contributed by atoms with Gasteiger partial charge in [-0.3, -0.25) is 4.79 Å². The molecule has 20 heavy (non-hydrogen) atoms. The first-order chi connectivity index (χ1) is 9.63. The second-order valence-electron chi connectivity index (χ2n) is 4.22. The van der Waals surface area contributed by atoms with E-state index < -0.39 is 5.97 Å². The van der Waals surface area contributed by atoms with Gasteiger partial charge in [0.25, 0.3) is 5.56 Å². The first-order valence-corrected chi connectivity index (χ1v) is 6.06. The summed E-state index contributed by atoms with van der Waals surface area (Å²) in [6.07, 6.45) is 1.50. The van der Waals surface area contributed by atoms with Gasteiger partial charge in [-0.2, -0.15) is 0 Å². The topological polar surface area (TPSA) is 57.5 Å². The largest absolute Gasteiger partial charge is 0.497 e. The van der Waals surface area contributed by atoms with Gasteiger partial charge in [0.05, 0.1) is 26.3 Å². The molecule has 0 atom stereocenters. The zero-order chi connectivity index (χ0) is 14.5. The molecule has 1 aromatic heterocycles. The minimum Gasteiger partial charge on any atom is -0.497 e. The fraction of sp³-hybridized carbons (Fsp3) is 0.200. The summed E-state index contributed by atoms with van der Waals surface area (Å²) in [4.78, 5) is 23.3. The fourth-order valence-corrected chi connectivity index (χ4v) is 1.82. The average Bonchev–Trinajstić information content (AvgIpc) is 2.49. The molecule has 0 saturated heterocycles. The van der Waals surface area contributed by atoms with Crippen molar-refractivity contribution in [2.45, 2.75) is 6.54 Å². The standard InChI is InChI=1S/C15H15NO4/c1-19-13-6-3-11(4-7-13)9-16-10-12(15(18)20-2)5-8-14(16)17/h3-8,10H,9H2,1-2H3. The van der Waals surface area contributed by atoms with Gasteiger partial charge in [-0.1, -0.05) is 12.1 Å². The Bertz CT molecular complexity index is 658. The third-order valence-corrected chi connectivity index (χ3v) is 2.92. The molecule has 0 aliphatic rings. The molecule has 0 bridgehead atoms. The Balaban J connectivity index is 2.27. The monoisotopic (exact) mass is 273 g/mol. The van der Waals surface area contributed by atoms with Crippen molar-refractivity contribution in [3.63, 3.8) is 0 Å². The summed E-state index contributed by atoms with van der Waals surface area (Å²) in [5.41, 5.74) is 1.11. The molecule has 2 rings (SSSR count). The number of carbonyl (C=O) groups is 1. The van der Waals surface area contributed by atoms with Crippen LogP contribution in [0.1, 0.15) is 15.9 Å². The minimum atomic E-state index is -0.464. The van der Waals surface area contributed by atoms with Crippen LogP contribution in [-0.4, -0.2) is 24.8 Å². The lowest BCUT2D eigenvalue weighted by Gasteiger charge is -2.08. The van der Waals surface area contributed by atoms with Crippen molar-refractivity contribution in [1.82, 2.24) is 4.57 Å². The third kappa shape index (κ3) is 3.06. The molecule has 1 aromatic carbocycles. The highest BCUT2D eigenvalue weighted by molar-refractivity contribution is 5.88. The number of aromatic nitrogens is 1. The maximum absolute atomic E-state index is 11.8. The molecule has 0 fully saturated rings. The van der Waals surface area contributed by atoms with Gasteiger partial charge in [0, 0.05) is 12.3 Å². The van der Waals surface area contributed by atoms with Gasteiger partial charge in [0.2, 0.25) is 0 Å².